The highest BCUT2D eigenvalue weighted by atomic mass is 19.1. The second-order valence-corrected chi connectivity index (χ2v) is 5.67. The summed E-state index contributed by atoms with van der Waals surface area (Å²) in [6.45, 7) is 1.60. The predicted octanol–water partition coefficient (Wildman–Crippen LogP) is 3.62. The number of benzene rings is 2. The minimum Gasteiger partial charge on any atom is -0.367 e. The Balaban J connectivity index is 1.53. The first-order chi connectivity index (χ1) is 11.2. The number of carbonyl (C=O) groups excluding carboxylic acids is 1. The molecular weight excluding hydrogens is 293 g/mol. The summed E-state index contributed by atoms with van der Waals surface area (Å²) in [5.41, 5.74) is 1.77. The lowest BCUT2D eigenvalue weighted by molar-refractivity contribution is 0.251. The molecule has 1 aliphatic rings. The lowest BCUT2D eigenvalue weighted by atomic mass is 10.2. The minimum absolute atomic E-state index is 0.267. The molecule has 4 nitrogen and oxygen atoms in total. The Labute approximate surface area is 135 Å². The zero-order valence-corrected chi connectivity index (χ0v) is 12.8. The Morgan fingerprint density at radius 2 is 1.87 bits per heavy atom. The van der Waals surface area contributed by atoms with E-state index >= 15 is 0 Å². The Hall–Kier alpha value is -2.56. The van der Waals surface area contributed by atoms with E-state index in [1.165, 1.54) is 17.8 Å². The molecule has 23 heavy (non-hydrogen) atoms. The van der Waals surface area contributed by atoms with Gasteiger partial charge in [-0.1, -0.05) is 18.2 Å². The average molecular weight is 313 g/mol. The van der Waals surface area contributed by atoms with E-state index in [-0.39, 0.29) is 11.8 Å². The number of nitrogens with one attached hydrogen (secondary N) is 2. The second-order valence-electron chi connectivity index (χ2n) is 5.67. The van der Waals surface area contributed by atoms with Gasteiger partial charge in [0.1, 0.15) is 5.82 Å². The molecule has 1 atom stereocenters. The molecule has 0 aromatic heterocycles. The molecule has 2 aromatic carbocycles. The Bertz CT molecular complexity index is 645. The third kappa shape index (κ3) is 4.00. The van der Waals surface area contributed by atoms with Gasteiger partial charge in [0.05, 0.1) is 0 Å². The van der Waals surface area contributed by atoms with Crippen LogP contribution in [0.3, 0.4) is 0 Å². The number of hydrogen-bond donors (Lipinski definition) is 2. The maximum absolute atomic E-state index is 12.8. The van der Waals surface area contributed by atoms with E-state index in [1.54, 1.807) is 12.1 Å². The summed E-state index contributed by atoms with van der Waals surface area (Å²) < 4.78 is 12.8. The van der Waals surface area contributed by atoms with Crippen molar-refractivity contribution in [3.05, 3.63) is 60.4 Å². The van der Waals surface area contributed by atoms with E-state index in [0.717, 1.165) is 19.4 Å². The highest BCUT2D eigenvalue weighted by molar-refractivity contribution is 5.89. The van der Waals surface area contributed by atoms with Gasteiger partial charge in [0.15, 0.2) is 0 Å². The van der Waals surface area contributed by atoms with E-state index in [1.807, 2.05) is 18.2 Å². The van der Waals surface area contributed by atoms with Crippen LogP contribution in [0.2, 0.25) is 0 Å². The van der Waals surface area contributed by atoms with Crippen molar-refractivity contribution in [1.82, 2.24) is 5.32 Å². The fourth-order valence-corrected chi connectivity index (χ4v) is 2.93. The van der Waals surface area contributed by atoms with Gasteiger partial charge in [0.25, 0.3) is 0 Å². The zero-order chi connectivity index (χ0) is 16.1. The van der Waals surface area contributed by atoms with E-state index in [9.17, 15) is 9.18 Å². The average Bonchev–Trinajstić information content (AvgIpc) is 3.04. The van der Waals surface area contributed by atoms with Crippen molar-refractivity contribution in [2.45, 2.75) is 18.9 Å². The van der Waals surface area contributed by atoms with E-state index < -0.39 is 0 Å². The molecular formula is C18H20FN3O. The Morgan fingerprint density at radius 3 is 2.61 bits per heavy atom. The molecule has 3 rings (SSSR count). The molecule has 1 heterocycles. The summed E-state index contributed by atoms with van der Waals surface area (Å²) in [5.74, 6) is -0.319. The SMILES string of the molecule is O=C(NC[C@@H]1CCCN1c1ccccc1)Nc1ccc(F)cc1. The second kappa shape index (κ2) is 7.13. The summed E-state index contributed by atoms with van der Waals surface area (Å²) in [4.78, 5) is 14.3. The van der Waals surface area contributed by atoms with Crippen LogP contribution in [0.5, 0.6) is 0 Å². The van der Waals surface area contributed by atoms with Gasteiger partial charge < -0.3 is 15.5 Å². The quantitative estimate of drug-likeness (QED) is 0.905. The molecule has 1 fully saturated rings. The van der Waals surface area contributed by atoms with E-state index in [2.05, 4.69) is 27.7 Å². The molecule has 2 N–H and O–H groups in total. The number of rotatable bonds is 4. The van der Waals surface area contributed by atoms with Gasteiger partial charge in [-0.2, -0.15) is 0 Å². The molecule has 2 amide bonds. The maximum atomic E-state index is 12.8. The number of urea groups is 1. The first kappa shape index (κ1) is 15.3. The molecule has 0 saturated carbocycles. The fraction of sp³-hybridized carbons (Fsp3) is 0.278. The van der Waals surface area contributed by atoms with Crippen LogP contribution in [0.4, 0.5) is 20.6 Å². The van der Waals surface area contributed by atoms with Gasteiger partial charge in [-0.05, 0) is 49.2 Å². The molecule has 2 aromatic rings. The van der Waals surface area contributed by atoms with Crippen molar-refractivity contribution in [1.29, 1.82) is 0 Å². The van der Waals surface area contributed by atoms with Gasteiger partial charge in [0, 0.05) is 30.5 Å². The highest BCUT2D eigenvalue weighted by Gasteiger charge is 2.24. The van der Waals surface area contributed by atoms with Crippen molar-refractivity contribution < 1.29 is 9.18 Å². The molecule has 1 aliphatic heterocycles. The van der Waals surface area contributed by atoms with Crippen LogP contribution in [-0.4, -0.2) is 25.2 Å². The van der Waals surface area contributed by atoms with E-state index in [4.69, 9.17) is 0 Å². The van der Waals surface area contributed by atoms with Crippen LogP contribution in [0.25, 0.3) is 0 Å². The first-order valence-corrected chi connectivity index (χ1v) is 7.84. The molecule has 0 aliphatic carbocycles. The first-order valence-electron chi connectivity index (χ1n) is 7.84. The number of para-hydroxylation sites is 1. The summed E-state index contributed by atoms with van der Waals surface area (Å²) in [6.07, 6.45) is 2.19. The Kier molecular flexibility index (Phi) is 4.76. The number of amides is 2. The van der Waals surface area contributed by atoms with Crippen LogP contribution < -0.4 is 15.5 Å². The predicted molar refractivity (Wildman–Crippen MR) is 90.2 cm³/mol. The summed E-state index contributed by atoms with van der Waals surface area (Å²) in [5, 5.41) is 5.61. The largest absolute Gasteiger partial charge is 0.367 e. The molecule has 0 bridgehead atoms. The van der Waals surface area contributed by atoms with Gasteiger partial charge in [-0.3, -0.25) is 0 Å². The van der Waals surface area contributed by atoms with Gasteiger partial charge in [-0.25, -0.2) is 9.18 Å². The van der Waals surface area contributed by atoms with E-state index in [0.29, 0.717) is 18.3 Å². The van der Waals surface area contributed by atoms with Crippen molar-refractivity contribution in [2.75, 3.05) is 23.3 Å². The lowest BCUT2D eigenvalue weighted by Crippen LogP contribution is -2.41. The lowest BCUT2D eigenvalue weighted by Gasteiger charge is -2.27. The van der Waals surface area contributed by atoms with Crippen LogP contribution in [0, 0.1) is 5.82 Å². The van der Waals surface area contributed by atoms with Crippen LogP contribution in [0.15, 0.2) is 54.6 Å². The molecule has 5 heteroatoms. The topological polar surface area (TPSA) is 44.4 Å². The van der Waals surface area contributed by atoms with Crippen molar-refractivity contribution >= 4 is 17.4 Å². The summed E-state index contributed by atoms with van der Waals surface area (Å²) in [7, 11) is 0. The molecule has 1 saturated heterocycles. The molecule has 120 valence electrons. The zero-order valence-electron chi connectivity index (χ0n) is 12.8. The molecule has 0 radical (unpaired) electrons. The van der Waals surface area contributed by atoms with Crippen LogP contribution in [0.1, 0.15) is 12.8 Å². The normalized spacial score (nSPS) is 17.1. The highest BCUT2D eigenvalue weighted by Crippen LogP contribution is 2.24. The van der Waals surface area contributed by atoms with Gasteiger partial charge in [0.2, 0.25) is 0 Å². The Morgan fingerprint density at radius 1 is 1.13 bits per heavy atom. The van der Waals surface area contributed by atoms with Gasteiger partial charge in [-0.15, -0.1) is 0 Å². The number of nitrogens with zero attached hydrogens (tertiary/aromatic N) is 1. The number of hydrogen-bond acceptors (Lipinski definition) is 2. The van der Waals surface area contributed by atoms with Crippen molar-refractivity contribution in [2.24, 2.45) is 0 Å². The maximum Gasteiger partial charge on any atom is 0.319 e. The number of halogens is 1. The summed E-state index contributed by atoms with van der Waals surface area (Å²) in [6, 6.07) is 16.0. The summed E-state index contributed by atoms with van der Waals surface area (Å²) >= 11 is 0. The smallest absolute Gasteiger partial charge is 0.319 e. The molecule has 0 spiro atoms. The third-order valence-electron chi connectivity index (χ3n) is 4.07. The monoisotopic (exact) mass is 313 g/mol. The van der Waals surface area contributed by atoms with Crippen molar-refractivity contribution in [3.63, 3.8) is 0 Å². The van der Waals surface area contributed by atoms with Gasteiger partial charge >= 0.3 is 6.03 Å². The molecule has 0 unspecified atom stereocenters. The van der Waals surface area contributed by atoms with Crippen LogP contribution in [-0.2, 0) is 0 Å². The fourth-order valence-electron chi connectivity index (χ4n) is 2.93. The standard InChI is InChI=1S/C18H20FN3O/c19-14-8-10-15(11-9-14)21-18(23)20-13-17-7-4-12-22(17)16-5-2-1-3-6-16/h1-3,5-6,8-11,17H,4,7,12-13H2,(H2,20,21,23)/t17-/m0/s1. The minimum atomic E-state index is -0.319. The number of carbonyl (C=O) groups is 1. The van der Waals surface area contributed by atoms with Crippen LogP contribution >= 0.6 is 0 Å². The number of anilines is 2. The third-order valence-corrected chi connectivity index (χ3v) is 4.07. The van der Waals surface area contributed by atoms with Crippen molar-refractivity contribution in [3.8, 4) is 0 Å².